The molecule has 0 fully saturated rings. The van der Waals surface area contributed by atoms with Crippen molar-refractivity contribution in [1.82, 2.24) is 4.98 Å². The van der Waals surface area contributed by atoms with Crippen molar-refractivity contribution in [2.75, 3.05) is 7.11 Å². The summed E-state index contributed by atoms with van der Waals surface area (Å²) in [6.45, 7) is 1.83. The van der Waals surface area contributed by atoms with Crippen molar-refractivity contribution < 1.29 is 9.53 Å². The van der Waals surface area contributed by atoms with E-state index in [0.717, 1.165) is 31.8 Å². The molecule has 0 aliphatic carbocycles. The van der Waals surface area contributed by atoms with E-state index in [4.69, 9.17) is 16.3 Å². The quantitative estimate of drug-likeness (QED) is 0.648. The van der Waals surface area contributed by atoms with Crippen LogP contribution in [0, 0.1) is 0 Å². The minimum absolute atomic E-state index is 0.255. The number of aromatic amines is 1. The molecule has 1 N–H and O–H groups in total. The zero-order valence-corrected chi connectivity index (χ0v) is 13.9. The Labute approximate surface area is 135 Å². The summed E-state index contributed by atoms with van der Waals surface area (Å²) in [4.78, 5) is 15.1. The Bertz CT molecular complexity index is 856. The average molecular weight is 367 g/mol. The molecule has 0 spiro atoms. The van der Waals surface area contributed by atoms with E-state index in [2.05, 4.69) is 20.9 Å². The SMILES string of the molecule is COC(=O)C(C)c1ccc2c([nH]c3ccc(Cl)cc32)c1Br. The molecule has 3 rings (SSSR count). The van der Waals surface area contributed by atoms with Crippen LogP contribution in [0.2, 0.25) is 5.02 Å². The molecule has 5 heteroatoms. The highest BCUT2D eigenvalue weighted by Crippen LogP contribution is 2.36. The molecular formula is C16H13BrClNO2. The van der Waals surface area contributed by atoms with Gasteiger partial charge in [-0.2, -0.15) is 0 Å². The molecule has 0 saturated carbocycles. The van der Waals surface area contributed by atoms with Crippen molar-refractivity contribution in [3.05, 3.63) is 45.4 Å². The van der Waals surface area contributed by atoms with Gasteiger partial charge in [0.2, 0.25) is 0 Å². The van der Waals surface area contributed by atoms with Crippen LogP contribution in [0.3, 0.4) is 0 Å². The maximum atomic E-state index is 11.7. The largest absolute Gasteiger partial charge is 0.469 e. The number of aromatic nitrogens is 1. The number of carbonyl (C=O) groups excluding carboxylic acids is 1. The summed E-state index contributed by atoms with van der Waals surface area (Å²) >= 11 is 9.68. The van der Waals surface area contributed by atoms with Gasteiger partial charge < -0.3 is 9.72 Å². The van der Waals surface area contributed by atoms with Gasteiger partial charge in [0.1, 0.15) is 0 Å². The van der Waals surface area contributed by atoms with Crippen molar-refractivity contribution in [1.29, 1.82) is 0 Å². The third kappa shape index (κ3) is 2.32. The molecular weight excluding hydrogens is 354 g/mol. The lowest BCUT2D eigenvalue weighted by molar-refractivity contribution is -0.142. The lowest BCUT2D eigenvalue weighted by Gasteiger charge is -2.12. The van der Waals surface area contributed by atoms with Crippen molar-refractivity contribution >= 4 is 55.3 Å². The summed E-state index contributed by atoms with van der Waals surface area (Å²) in [6, 6.07) is 9.69. The Hall–Kier alpha value is -1.52. The van der Waals surface area contributed by atoms with Crippen LogP contribution in [-0.4, -0.2) is 18.1 Å². The minimum atomic E-state index is -0.330. The summed E-state index contributed by atoms with van der Waals surface area (Å²) < 4.78 is 5.70. The summed E-state index contributed by atoms with van der Waals surface area (Å²) in [6.07, 6.45) is 0. The molecule has 108 valence electrons. The number of methoxy groups -OCH3 is 1. The number of carbonyl (C=O) groups is 1. The second-order valence-corrected chi connectivity index (χ2v) is 6.18. The van der Waals surface area contributed by atoms with Crippen molar-refractivity contribution in [3.63, 3.8) is 0 Å². The van der Waals surface area contributed by atoms with Gasteiger partial charge in [0.25, 0.3) is 0 Å². The molecule has 3 aromatic rings. The number of rotatable bonds is 2. The van der Waals surface area contributed by atoms with Crippen LogP contribution in [0.25, 0.3) is 21.8 Å². The first-order valence-corrected chi connectivity index (χ1v) is 7.67. The van der Waals surface area contributed by atoms with E-state index in [-0.39, 0.29) is 11.9 Å². The molecule has 3 nitrogen and oxygen atoms in total. The highest BCUT2D eigenvalue weighted by Gasteiger charge is 2.20. The van der Waals surface area contributed by atoms with Gasteiger partial charge in [0, 0.05) is 25.8 Å². The normalized spacial score (nSPS) is 12.8. The Morgan fingerprint density at radius 2 is 2.05 bits per heavy atom. The van der Waals surface area contributed by atoms with Crippen molar-refractivity contribution in [2.45, 2.75) is 12.8 Å². The predicted molar refractivity (Wildman–Crippen MR) is 88.9 cm³/mol. The van der Waals surface area contributed by atoms with Gasteiger partial charge in [0.15, 0.2) is 0 Å². The van der Waals surface area contributed by atoms with Gasteiger partial charge in [-0.3, -0.25) is 4.79 Å². The number of halogens is 2. The number of H-pyrrole nitrogens is 1. The van der Waals surface area contributed by atoms with Crippen molar-refractivity contribution in [2.24, 2.45) is 0 Å². The molecule has 1 atom stereocenters. The number of fused-ring (bicyclic) bond motifs is 3. The third-order valence-corrected chi connectivity index (χ3v) is 4.81. The molecule has 0 radical (unpaired) electrons. The molecule has 0 amide bonds. The number of nitrogens with one attached hydrogen (secondary N) is 1. The minimum Gasteiger partial charge on any atom is -0.469 e. The fourth-order valence-electron chi connectivity index (χ4n) is 2.56. The zero-order chi connectivity index (χ0) is 15.1. The molecule has 0 saturated heterocycles. The molecule has 1 unspecified atom stereocenters. The van der Waals surface area contributed by atoms with Crippen LogP contribution in [0.4, 0.5) is 0 Å². The van der Waals surface area contributed by atoms with Gasteiger partial charge >= 0.3 is 5.97 Å². The highest BCUT2D eigenvalue weighted by atomic mass is 79.9. The molecule has 1 heterocycles. The van der Waals surface area contributed by atoms with E-state index in [1.54, 1.807) is 0 Å². The number of ether oxygens (including phenoxy) is 1. The Morgan fingerprint density at radius 1 is 1.29 bits per heavy atom. The Balaban J connectivity index is 2.26. The van der Waals surface area contributed by atoms with E-state index >= 15 is 0 Å². The molecule has 0 aliphatic rings. The first kappa shape index (κ1) is 14.4. The molecule has 21 heavy (non-hydrogen) atoms. The van der Waals surface area contributed by atoms with Crippen LogP contribution >= 0.6 is 27.5 Å². The van der Waals surface area contributed by atoms with Gasteiger partial charge in [-0.15, -0.1) is 0 Å². The smallest absolute Gasteiger partial charge is 0.312 e. The second-order valence-electron chi connectivity index (χ2n) is 4.95. The summed E-state index contributed by atoms with van der Waals surface area (Å²) in [5.74, 6) is -0.585. The molecule has 1 aromatic heterocycles. The number of hydrogen-bond acceptors (Lipinski definition) is 2. The van der Waals surface area contributed by atoms with E-state index < -0.39 is 0 Å². The standard InChI is InChI=1S/C16H13BrClNO2/c1-8(16(20)21-2)10-4-5-11-12-7-9(18)3-6-13(12)19-15(11)14(10)17/h3-8,19H,1-2H3. The average Bonchev–Trinajstić information content (AvgIpc) is 2.85. The third-order valence-electron chi connectivity index (χ3n) is 3.72. The molecule has 0 aliphatic heterocycles. The first-order chi connectivity index (χ1) is 10.0. The second kappa shape index (κ2) is 5.35. The zero-order valence-electron chi connectivity index (χ0n) is 11.5. The van der Waals surface area contributed by atoms with Crippen LogP contribution < -0.4 is 0 Å². The molecule has 2 aromatic carbocycles. The Morgan fingerprint density at radius 3 is 2.76 bits per heavy atom. The number of hydrogen-bond donors (Lipinski definition) is 1. The van der Waals surface area contributed by atoms with E-state index in [0.29, 0.717) is 5.02 Å². The number of benzene rings is 2. The lowest BCUT2D eigenvalue weighted by atomic mass is 9.99. The first-order valence-electron chi connectivity index (χ1n) is 6.50. The number of esters is 1. The van der Waals surface area contributed by atoms with Gasteiger partial charge in [-0.1, -0.05) is 23.7 Å². The summed E-state index contributed by atoms with van der Waals surface area (Å²) in [5, 5.41) is 2.84. The van der Waals surface area contributed by atoms with E-state index in [9.17, 15) is 4.79 Å². The van der Waals surface area contributed by atoms with Crippen LogP contribution in [0.5, 0.6) is 0 Å². The van der Waals surface area contributed by atoms with Gasteiger partial charge in [-0.05, 0) is 46.6 Å². The molecule has 0 bridgehead atoms. The Kier molecular flexibility index (Phi) is 3.68. The summed E-state index contributed by atoms with van der Waals surface area (Å²) in [5.41, 5.74) is 2.87. The van der Waals surface area contributed by atoms with Crippen LogP contribution in [0.1, 0.15) is 18.4 Å². The lowest BCUT2D eigenvalue weighted by Crippen LogP contribution is -2.11. The topological polar surface area (TPSA) is 42.1 Å². The van der Waals surface area contributed by atoms with E-state index in [1.165, 1.54) is 7.11 Å². The fraction of sp³-hybridized carbons (Fsp3) is 0.188. The van der Waals surface area contributed by atoms with Crippen LogP contribution in [-0.2, 0) is 9.53 Å². The van der Waals surface area contributed by atoms with Crippen LogP contribution in [0.15, 0.2) is 34.8 Å². The monoisotopic (exact) mass is 365 g/mol. The summed E-state index contributed by atoms with van der Waals surface area (Å²) in [7, 11) is 1.40. The van der Waals surface area contributed by atoms with E-state index in [1.807, 2.05) is 37.3 Å². The maximum absolute atomic E-state index is 11.7. The van der Waals surface area contributed by atoms with Gasteiger partial charge in [0.05, 0.1) is 18.5 Å². The maximum Gasteiger partial charge on any atom is 0.312 e. The predicted octanol–water partition coefficient (Wildman–Crippen LogP) is 5.01. The highest BCUT2D eigenvalue weighted by molar-refractivity contribution is 9.10. The van der Waals surface area contributed by atoms with Gasteiger partial charge in [-0.25, -0.2) is 0 Å². The van der Waals surface area contributed by atoms with Crippen molar-refractivity contribution in [3.8, 4) is 0 Å². The fourth-order valence-corrected chi connectivity index (χ4v) is 3.52.